The Bertz CT molecular complexity index is 2020. The largest absolute Gasteiger partial charge is 0.0616 e. The molecule has 9 rings (SSSR count). The van der Waals surface area contributed by atoms with E-state index in [4.69, 9.17) is 0 Å². The first-order valence-electron chi connectivity index (χ1n) is 11.3. The summed E-state index contributed by atoms with van der Waals surface area (Å²) in [5.74, 6) is 0. The highest BCUT2D eigenvalue weighted by Crippen LogP contribution is 2.52. The second-order valence-electron chi connectivity index (χ2n) is 9.24. The van der Waals surface area contributed by atoms with Crippen molar-refractivity contribution in [1.29, 1.82) is 0 Å². The summed E-state index contributed by atoms with van der Waals surface area (Å²) < 4.78 is 0. The van der Waals surface area contributed by atoms with Crippen LogP contribution in [-0.2, 0) is 0 Å². The fourth-order valence-corrected chi connectivity index (χ4v) is 6.68. The van der Waals surface area contributed by atoms with Crippen molar-refractivity contribution in [3.63, 3.8) is 0 Å². The molecule has 0 fully saturated rings. The zero-order valence-electron chi connectivity index (χ0n) is 17.2. The average Bonchev–Trinajstić information content (AvgIpc) is 2.87. The van der Waals surface area contributed by atoms with Crippen LogP contribution in [0.1, 0.15) is 0 Å². The lowest BCUT2D eigenvalue weighted by atomic mass is 9.79. The third-order valence-electron chi connectivity index (χ3n) is 7.89. The Kier molecular flexibility index (Phi) is 2.44. The van der Waals surface area contributed by atoms with E-state index in [9.17, 15) is 0 Å². The number of rotatable bonds is 0. The maximum atomic E-state index is 2.37. The highest BCUT2D eigenvalue weighted by atomic mass is 14.3. The van der Waals surface area contributed by atoms with Crippen LogP contribution < -0.4 is 0 Å². The summed E-state index contributed by atoms with van der Waals surface area (Å²) in [4.78, 5) is 0. The Morgan fingerprint density at radius 1 is 0.219 bits per heavy atom. The molecular weight excluding hydrogens is 384 g/mol. The van der Waals surface area contributed by atoms with Gasteiger partial charge in [0.2, 0.25) is 0 Å². The molecule has 0 unspecified atom stereocenters. The molecule has 0 saturated heterocycles. The molecule has 32 heavy (non-hydrogen) atoms. The van der Waals surface area contributed by atoms with E-state index in [-0.39, 0.29) is 0 Å². The topological polar surface area (TPSA) is 0 Å². The van der Waals surface area contributed by atoms with Crippen LogP contribution in [0.2, 0.25) is 0 Å². The van der Waals surface area contributed by atoms with Crippen molar-refractivity contribution in [2.45, 2.75) is 0 Å². The van der Waals surface area contributed by atoms with Gasteiger partial charge in [-0.05, 0) is 86.2 Å². The third-order valence-corrected chi connectivity index (χ3v) is 7.89. The Balaban J connectivity index is 1.84. The molecule has 0 aliphatic rings. The molecule has 0 saturated carbocycles. The van der Waals surface area contributed by atoms with E-state index >= 15 is 0 Å². The Labute approximate surface area is 183 Å². The Morgan fingerprint density at radius 3 is 0.875 bits per heavy atom. The van der Waals surface area contributed by atoms with Crippen LogP contribution in [-0.4, -0.2) is 0 Å². The van der Waals surface area contributed by atoms with Crippen molar-refractivity contribution in [3.8, 4) is 0 Å². The van der Waals surface area contributed by atoms with Gasteiger partial charge in [-0.2, -0.15) is 0 Å². The van der Waals surface area contributed by atoms with E-state index in [1.54, 1.807) is 0 Å². The minimum absolute atomic E-state index is 1.34. The van der Waals surface area contributed by atoms with Crippen molar-refractivity contribution in [2.24, 2.45) is 0 Å². The molecule has 0 aromatic heterocycles. The molecule has 0 N–H and O–H groups in total. The van der Waals surface area contributed by atoms with E-state index in [0.717, 1.165) is 0 Å². The fraction of sp³-hybridized carbons (Fsp3) is 0. The van der Waals surface area contributed by atoms with Crippen LogP contribution >= 0.6 is 0 Å². The zero-order chi connectivity index (χ0) is 20.6. The summed E-state index contributed by atoms with van der Waals surface area (Å²) in [5, 5.41) is 22.2. The predicted molar refractivity (Wildman–Crippen MR) is 140 cm³/mol. The van der Waals surface area contributed by atoms with Gasteiger partial charge in [-0.3, -0.25) is 0 Å². The second kappa shape index (κ2) is 5.00. The van der Waals surface area contributed by atoms with Gasteiger partial charge in [0.15, 0.2) is 0 Å². The van der Waals surface area contributed by atoms with E-state index in [2.05, 4.69) is 97.1 Å². The minimum atomic E-state index is 1.34. The lowest BCUT2D eigenvalue weighted by Gasteiger charge is -2.23. The van der Waals surface area contributed by atoms with Gasteiger partial charge < -0.3 is 0 Å². The normalized spacial score (nSPS) is 13.0. The summed E-state index contributed by atoms with van der Waals surface area (Å²) in [6, 6.07) is 36.5. The van der Waals surface area contributed by atoms with Crippen molar-refractivity contribution >= 4 is 86.2 Å². The van der Waals surface area contributed by atoms with E-state index in [0.29, 0.717) is 0 Å². The zero-order valence-corrected chi connectivity index (χ0v) is 17.2. The molecule has 144 valence electrons. The molecule has 0 aliphatic carbocycles. The third kappa shape index (κ3) is 1.54. The van der Waals surface area contributed by atoms with Crippen LogP contribution in [0.25, 0.3) is 86.2 Å². The lowest BCUT2D eigenvalue weighted by molar-refractivity contribution is 1.80. The standard InChI is InChI=1S/C32H16/c1-3-7-21-19(5-1)23-13-11-17-9-10-18-12-14-24-20-6-2-4-8-22(20)26-16-15-25(21)31-29(23)27(17)28(18)30(24)32(26)31/h1-16H. The van der Waals surface area contributed by atoms with Crippen LogP contribution in [0.3, 0.4) is 0 Å². The molecule has 0 aliphatic heterocycles. The van der Waals surface area contributed by atoms with Gasteiger partial charge in [0.1, 0.15) is 0 Å². The fourth-order valence-electron chi connectivity index (χ4n) is 6.68. The lowest BCUT2D eigenvalue weighted by Crippen LogP contribution is -1.94. The molecule has 0 heteroatoms. The SMILES string of the molecule is c1ccc2c(c1)c1ccc3ccc4ccc5c6ccccc6c6ccc2c2c1c3c4c5c62. The van der Waals surface area contributed by atoms with Crippen LogP contribution in [0, 0.1) is 0 Å². The van der Waals surface area contributed by atoms with E-state index in [1.165, 1.54) is 86.2 Å². The first-order chi connectivity index (χ1) is 15.9. The van der Waals surface area contributed by atoms with Gasteiger partial charge in [-0.25, -0.2) is 0 Å². The average molecular weight is 400 g/mol. The van der Waals surface area contributed by atoms with Crippen molar-refractivity contribution in [2.75, 3.05) is 0 Å². The van der Waals surface area contributed by atoms with Crippen molar-refractivity contribution < 1.29 is 0 Å². The number of hydrogen-bond acceptors (Lipinski definition) is 0. The molecule has 9 aromatic carbocycles. The van der Waals surface area contributed by atoms with Gasteiger partial charge in [0.25, 0.3) is 0 Å². The van der Waals surface area contributed by atoms with Gasteiger partial charge in [0, 0.05) is 0 Å². The molecule has 0 nitrogen and oxygen atoms in total. The summed E-state index contributed by atoms with van der Waals surface area (Å²) in [5.41, 5.74) is 0. The number of fused-ring (bicyclic) bond motifs is 6. The monoisotopic (exact) mass is 400 g/mol. The Morgan fingerprint density at radius 2 is 0.500 bits per heavy atom. The second-order valence-corrected chi connectivity index (χ2v) is 9.24. The van der Waals surface area contributed by atoms with Crippen LogP contribution in [0.4, 0.5) is 0 Å². The van der Waals surface area contributed by atoms with Gasteiger partial charge >= 0.3 is 0 Å². The van der Waals surface area contributed by atoms with Crippen molar-refractivity contribution in [1.82, 2.24) is 0 Å². The first-order valence-corrected chi connectivity index (χ1v) is 11.3. The minimum Gasteiger partial charge on any atom is -0.0616 e. The molecule has 0 amide bonds. The predicted octanol–water partition coefficient (Wildman–Crippen LogP) is 9.23. The quantitative estimate of drug-likeness (QED) is 0.176. The first kappa shape index (κ1) is 15.6. The van der Waals surface area contributed by atoms with E-state index < -0.39 is 0 Å². The molecule has 0 heterocycles. The highest BCUT2D eigenvalue weighted by Gasteiger charge is 2.23. The van der Waals surface area contributed by atoms with Crippen LogP contribution in [0.5, 0.6) is 0 Å². The summed E-state index contributed by atoms with van der Waals surface area (Å²) in [7, 11) is 0. The molecule has 0 bridgehead atoms. The van der Waals surface area contributed by atoms with Gasteiger partial charge in [-0.1, -0.05) is 97.1 Å². The molecular formula is C32H16. The molecule has 0 radical (unpaired) electrons. The highest BCUT2D eigenvalue weighted by molar-refractivity contribution is 6.50. The molecule has 0 spiro atoms. The number of benzene rings is 9. The van der Waals surface area contributed by atoms with Gasteiger partial charge in [-0.15, -0.1) is 0 Å². The smallest absolute Gasteiger partial charge is 0.000718 e. The molecule has 9 aromatic rings. The summed E-state index contributed by atoms with van der Waals surface area (Å²) in [6.07, 6.45) is 0. The number of hydrogen-bond donors (Lipinski definition) is 0. The van der Waals surface area contributed by atoms with E-state index in [1.807, 2.05) is 0 Å². The van der Waals surface area contributed by atoms with Crippen LogP contribution in [0.15, 0.2) is 97.1 Å². The maximum Gasteiger partial charge on any atom is -0.000718 e. The molecule has 0 atom stereocenters. The maximum absolute atomic E-state index is 2.37. The Hall–Kier alpha value is -4.16. The summed E-state index contributed by atoms with van der Waals surface area (Å²) >= 11 is 0. The summed E-state index contributed by atoms with van der Waals surface area (Å²) in [6.45, 7) is 0. The van der Waals surface area contributed by atoms with Crippen molar-refractivity contribution in [3.05, 3.63) is 97.1 Å². The van der Waals surface area contributed by atoms with Gasteiger partial charge in [0.05, 0.1) is 0 Å².